The van der Waals surface area contributed by atoms with E-state index in [2.05, 4.69) is 24.2 Å². The highest BCUT2D eigenvalue weighted by Crippen LogP contribution is 2.04. The maximum absolute atomic E-state index is 10.9. The van der Waals surface area contributed by atoms with Crippen LogP contribution in [0.15, 0.2) is 0 Å². The van der Waals surface area contributed by atoms with Gasteiger partial charge in [-0.1, -0.05) is 0 Å². The Kier molecular flexibility index (Phi) is 4.85. The third kappa shape index (κ3) is 3.69. The summed E-state index contributed by atoms with van der Waals surface area (Å²) in [6, 6.07) is 0.680. The molecule has 0 aromatic heterocycles. The van der Waals surface area contributed by atoms with E-state index in [9.17, 15) is 4.79 Å². The highest BCUT2D eigenvalue weighted by Gasteiger charge is 2.14. The molecule has 4 nitrogen and oxygen atoms in total. The molecule has 0 radical (unpaired) electrons. The lowest BCUT2D eigenvalue weighted by atomic mass is 10.2. The van der Waals surface area contributed by atoms with Crippen LogP contribution in [-0.2, 0) is 4.79 Å². The quantitative estimate of drug-likeness (QED) is 0.360. The van der Waals surface area contributed by atoms with Crippen LogP contribution < -0.4 is 11.3 Å². The number of rotatable bonds is 4. The van der Waals surface area contributed by atoms with Crippen molar-refractivity contribution in [1.82, 2.24) is 10.3 Å². The first-order valence-electron chi connectivity index (χ1n) is 4.20. The fourth-order valence-electron chi connectivity index (χ4n) is 0.980. The van der Waals surface area contributed by atoms with Gasteiger partial charge >= 0.3 is 0 Å². The summed E-state index contributed by atoms with van der Waals surface area (Å²) in [6.45, 7) is 6.20. The molecule has 0 aliphatic carbocycles. The summed E-state index contributed by atoms with van der Waals surface area (Å²) in [6.07, 6.45) is 0.450. The Labute approximate surface area is 74.1 Å². The Morgan fingerprint density at radius 2 is 2.00 bits per heavy atom. The Morgan fingerprint density at radius 1 is 1.50 bits per heavy atom. The maximum atomic E-state index is 10.9. The number of nitrogens with zero attached hydrogens (tertiary/aromatic N) is 1. The fourth-order valence-corrected chi connectivity index (χ4v) is 0.980. The van der Waals surface area contributed by atoms with Crippen molar-refractivity contribution in [2.75, 3.05) is 7.05 Å². The fraction of sp³-hybridized carbons (Fsp3) is 0.875. The second-order valence-electron chi connectivity index (χ2n) is 3.38. The third-order valence-electron chi connectivity index (χ3n) is 2.15. The molecule has 1 atom stereocenters. The van der Waals surface area contributed by atoms with Crippen LogP contribution in [-0.4, -0.2) is 29.9 Å². The Bertz CT molecular complexity index is 147. The van der Waals surface area contributed by atoms with Gasteiger partial charge in [0.2, 0.25) is 5.91 Å². The van der Waals surface area contributed by atoms with Crippen LogP contribution in [0.3, 0.4) is 0 Å². The van der Waals surface area contributed by atoms with Crippen molar-refractivity contribution >= 4 is 5.91 Å². The predicted octanol–water partition coefficient (Wildman–Crippen LogP) is 0.0951. The van der Waals surface area contributed by atoms with Gasteiger partial charge in [0.15, 0.2) is 0 Å². The molecule has 72 valence electrons. The van der Waals surface area contributed by atoms with Gasteiger partial charge in [0.05, 0.1) is 0 Å². The molecule has 0 aromatic rings. The van der Waals surface area contributed by atoms with E-state index in [1.165, 1.54) is 0 Å². The van der Waals surface area contributed by atoms with Gasteiger partial charge in [0.1, 0.15) is 0 Å². The van der Waals surface area contributed by atoms with E-state index in [0.717, 1.165) is 0 Å². The van der Waals surface area contributed by atoms with Crippen molar-refractivity contribution in [2.24, 2.45) is 5.84 Å². The van der Waals surface area contributed by atoms with E-state index >= 15 is 0 Å². The molecule has 4 heteroatoms. The van der Waals surface area contributed by atoms with Crippen LogP contribution in [0.4, 0.5) is 0 Å². The molecular formula is C8H19N3O. The van der Waals surface area contributed by atoms with Gasteiger partial charge in [-0.25, -0.2) is 5.84 Å². The second-order valence-corrected chi connectivity index (χ2v) is 3.38. The molecule has 0 bridgehead atoms. The topological polar surface area (TPSA) is 58.4 Å². The monoisotopic (exact) mass is 173 g/mol. The van der Waals surface area contributed by atoms with E-state index in [4.69, 9.17) is 5.84 Å². The lowest BCUT2D eigenvalue weighted by molar-refractivity contribution is -0.122. The molecule has 0 heterocycles. The molecule has 0 aromatic carbocycles. The van der Waals surface area contributed by atoms with Crippen LogP contribution in [0.5, 0.6) is 0 Å². The standard InChI is InChI=1S/C8H19N3O/c1-6(2)11(4)7(3)5-8(12)10-9/h6-7H,5,9H2,1-4H3,(H,10,12). The van der Waals surface area contributed by atoms with E-state index in [-0.39, 0.29) is 11.9 Å². The van der Waals surface area contributed by atoms with Gasteiger partial charge in [0.25, 0.3) is 0 Å². The molecule has 1 unspecified atom stereocenters. The molecule has 0 aliphatic heterocycles. The number of hydrogen-bond acceptors (Lipinski definition) is 3. The van der Waals surface area contributed by atoms with Gasteiger partial charge in [0, 0.05) is 18.5 Å². The van der Waals surface area contributed by atoms with Gasteiger partial charge in [-0.15, -0.1) is 0 Å². The maximum Gasteiger partial charge on any atom is 0.235 e. The van der Waals surface area contributed by atoms with E-state index in [0.29, 0.717) is 12.5 Å². The summed E-state index contributed by atoms with van der Waals surface area (Å²) in [5, 5.41) is 0. The van der Waals surface area contributed by atoms with Crippen LogP contribution in [0.2, 0.25) is 0 Å². The smallest absolute Gasteiger partial charge is 0.235 e. The van der Waals surface area contributed by atoms with Crippen LogP contribution >= 0.6 is 0 Å². The van der Waals surface area contributed by atoms with Crippen LogP contribution in [0, 0.1) is 0 Å². The Balaban J connectivity index is 3.86. The van der Waals surface area contributed by atoms with Crippen molar-refractivity contribution < 1.29 is 4.79 Å². The number of amides is 1. The highest BCUT2D eigenvalue weighted by molar-refractivity contribution is 5.75. The molecule has 0 fully saturated rings. The largest absolute Gasteiger partial charge is 0.301 e. The molecule has 1 amide bonds. The Hall–Kier alpha value is -0.610. The Morgan fingerprint density at radius 3 is 2.33 bits per heavy atom. The normalized spacial score (nSPS) is 13.6. The SMILES string of the molecule is CC(C)N(C)C(C)CC(=O)NN. The van der Waals surface area contributed by atoms with Crippen molar-refractivity contribution in [3.05, 3.63) is 0 Å². The molecule has 3 N–H and O–H groups in total. The van der Waals surface area contributed by atoms with Gasteiger partial charge in [-0.05, 0) is 27.8 Å². The number of carbonyl (C=O) groups excluding carboxylic acids is 1. The molecule has 0 aliphatic rings. The van der Waals surface area contributed by atoms with E-state index in [1.54, 1.807) is 0 Å². The number of hydrogen-bond donors (Lipinski definition) is 2. The molecule has 0 rings (SSSR count). The van der Waals surface area contributed by atoms with Crippen molar-refractivity contribution in [3.63, 3.8) is 0 Å². The van der Waals surface area contributed by atoms with Crippen LogP contribution in [0.1, 0.15) is 27.2 Å². The molecule has 0 spiro atoms. The van der Waals surface area contributed by atoms with Gasteiger partial charge in [-0.2, -0.15) is 0 Å². The predicted molar refractivity (Wildman–Crippen MR) is 49.3 cm³/mol. The average Bonchev–Trinajstić information content (AvgIpc) is 2.02. The van der Waals surface area contributed by atoms with Gasteiger partial charge < -0.3 is 4.90 Å². The minimum Gasteiger partial charge on any atom is -0.301 e. The lowest BCUT2D eigenvalue weighted by Gasteiger charge is -2.27. The highest BCUT2D eigenvalue weighted by atomic mass is 16.2. The average molecular weight is 173 g/mol. The second kappa shape index (κ2) is 5.11. The zero-order valence-electron chi connectivity index (χ0n) is 8.29. The van der Waals surface area contributed by atoms with Crippen molar-refractivity contribution in [2.45, 2.75) is 39.3 Å². The zero-order valence-corrected chi connectivity index (χ0v) is 8.29. The van der Waals surface area contributed by atoms with E-state index in [1.807, 2.05) is 14.0 Å². The molecule has 0 saturated carbocycles. The molecular weight excluding hydrogens is 154 g/mol. The van der Waals surface area contributed by atoms with Gasteiger partial charge in [-0.3, -0.25) is 10.2 Å². The number of nitrogens with one attached hydrogen (secondary N) is 1. The zero-order chi connectivity index (χ0) is 9.72. The summed E-state index contributed by atoms with van der Waals surface area (Å²) in [7, 11) is 2.00. The van der Waals surface area contributed by atoms with Crippen molar-refractivity contribution in [3.8, 4) is 0 Å². The lowest BCUT2D eigenvalue weighted by Crippen LogP contribution is -2.40. The summed E-state index contributed by atoms with van der Waals surface area (Å²) >= 11 is 0. The molecule has 0 saturated heterocycles. The summed E-state index contributed by atoms with van der Waals surface area (Å²) < 4.78 is 0. The summed E-state index contributed by atoms with van der Waals surface area (Å²) in [5.74, 6) is 4.86. The van der Waals surface area contributed by atoms with Crippen molar-refractivity contribution in [1.29, 1.82) is 0 Å². The number of nitrogens with two attached hydrogens (primary N) is 1. The molecule has 12 heavy (non-hydrogen) atoms. The summed E-state index contributed by atoms with van der Waals surface area (Å²) in [4.78, 5) is 13.0. The van der Waals surface area contributed by atoms with E-state index < -0.39 is 0 Å². The minimum atomic E-state index is -0.116. The first kappa shape index (κ1) is 11.4. The van der Waals surface area contributed by atoms with Crippen LogP contribution in [0.25, 0.3) is 0 Å². The first-order chi connectivity index (χ1) is 5.49. The third-order valence-corrected chi connectivity index (χ3v) is 2.15. The summed E-state index contributed by atoms with van der Waals surface area (Å²) in [5.41, 5.74) is 2.12. The number of hydrazine groups is 1. The number of carbonyl (C=O) groups is 1. The minimum absolute atomic E-state index is 0.116. The first-order valence-corrected chi connectivity index (χ1v) is 4.20.